The molecule has 0 radical (unpaired) electrons. The quantitative estimate of drug-likeness (QED) is 0.461. The summed E-state index contributed by atoms with van der Waals surface area (Å²) in [4.78, 5) is 6.18. The number of thiazole rings is 1. The predicted molar refractivity (Wildman–Crippen MR) is 123 cm³/mol. The maximum Gasteiger partial charge on any atom is 0.187 e. The summed E-state index contributed by atoms with van der Waals surface area (Å²) in [7, 11) is 3.36. The summed E-state index contributed by atoms with van der Waals surface area (Å²) in [6.07, 6.45) is 0.860. The Morgan fingerprint density at radius 3 is 1.93 bits per heavy atom. The number of rotatable bonds is 6. The predicted octanol–water partition coefficient (Wildman–Crippen LogP) is 6.37. The van der Waals surface area contributed by atoms with Crippen LogP contribution in [0.2, 0.25) is 0 Å². The van der Waals surface area contributed by atoms with Gasteiger partial charge >= 0.3 is 0 Å². The number of anilines is 2. The number of hydrogen-bond acceptors (Lipinski definition) is 5. The van der Waals surface area contributed by atoms with Crippen LogP contribution in [0.15, 0.2) is 48.5 Å². The van der Waals surface area contributed by atoms with Crippen molar-refractivity contribution in [2.45, 2.75) is 32.6 Å². The molecule has 0 bridgehead atoms. The monoisotopic (exact) mass is 462 g/mol. The first-order valence-electron chi connectivity index (χ1n) is 8.93. The molecule has 3 aromatic rings. The Labute approximate surface area is 181 Å². The molecule has 0 aliphatic heterocycles. The van der Waals surface area contributed by atoms with Crippen LogP contribution in [0.1, 0.15) is 36.9 Å². The Morgan fingerprint density at radius 2 is 1.43 bits per heavy atom. The summed E-state index contributed by atoms with van der Waals surface area (Å²) in [5.74, 6) is 1.72. The van der Waals surface area contributed by atoms with E-state index in [4.69, 9.17) is 14.5 Å². The largest absolute Gasteiger partial charge is 0.497 e. The summed E-state index contributed by atoms with van der Waals surface area (Å²) >= 11 is 1.71. The van der Waals surface area contributed by atoms with Crippen LogP contribution >= 0.6 is 28.3 Å². The Morgan fingerprint density at radius 1 is 0.893 bits per heavy atom. The number of halogens is 1. The third-order valence-corrected chi connectivity index (χ3v) is 5.24. The van der Waals surface area contributed by atoms with Crippen LogP contribution < -0.4 is 14.8 Å². The molecule has 1 N–H and O–H groups in total. The zero-order valence-corrected chi connectivity index (χ0v) is 19.4. The van der Waals surface area contributed by atoms with Crippen molar-refractivity contribution in [3.63, 3.8) is 0 Å². The minimum atomic E-state index is -0.0157. The van der Waals surface area contributed by atoms with Gasteiger partial charge in [0.15, 0.2) is 5.13 Å². The van der Waals surface area contributed by atoms with E-state index in [1.807, 2.05) is 36.4 Å². The van der Waals surface area contributed by atoms with Gasteiger partial charge in [-0.25, -0.2) is 4.98 Å². The van der Waals surface area contributed by atoms with Gasteiger partial charge in [0.05, 0.1) is 19.9 Å². The summed E-state index contributed by atoms with van der Waals surface area (Å²) in [6, 6.07) is 16.1. The number of ether oxygens (including phenoxy) is 2. The average Bonchev–Trinajstić information content (AvgIpc) is 3.05. The van der Waals surface area contributed by atoms with Crippen LogP contribution in [-0.2, 0) is 11.8 Å². The molecule has 0 aliphatic rings. The second-order valence-electron chi connectivity index (χ2n) is 7.42. The molecule has 4 nitrogen and oxygen atoms in total. The van der Waals surface area contributed by atoms with Crippen molar-refractivity contribution in [1.82, 2.24) is 4.98 Å². The molecule has 0 unspecified atom stereocenters. The molecule has 6 heteroatoms. The van der Waals surface area contributed by atoms with E-state index in [2.05, 4.69) is 38.2 Å². The van der Waals surface area contributed by atoms with E-state index in [9.17, 15) is 0 Å². The number of nitrogens with one attached hydrogen (secondary N) is 1. The molecule has 150 valence electrons. The van der Waals surface area contributed by atoms with Crippen LogP contribution in [0.3, 0.4) is 0 Å². The first kappa shape index (κ1) is 22.2. The van der Waals surface area contributed by atoms with Crippen molar-refractivity contribution < 1.29 is 9.47 Å². The molecule has 0 saturated carbocycles. The van der Waals surface area contributed by atoms with E-state index in [-0.39, 0.29) is 22.4 Å². The molecule has 28 heavy (non-hydrogen) atoms. The SMILES string of the molecule is Br.COc1ccc(Cc2sc(Nc3ccc(OC)cc3)nc2C(C)(C)C)cc1. The highest BCUT2D eigenvalue weighted by Gasteiger charge is 2.23. The lowest BCUT2D eigenvalue weighted by Gasteiger charge is -2.17. The molecule has 3 rings (SSSR count). The second kappa shape index (κ2) is 9.43. The second-order valence-corrected chi connectivity index (χ2v) is 8.50. The van der Waals surface area contributed by atoms with Crippen LogP contribution in [0.4, 0.5) is 10.8 Å². The van der Waals surface area contributed by atoms with Crippen molar-refractivity contribution in [2.24, 2.45) is 0 Å². The number of hydrogen-bond donors (Lipinski definition) is 1. The van der Waals surface area contributed by atoms with Crippen molar-refractivity contribution >= 4 is 39.1 Å². The van der Waals surface area contributed by atoms with Crippen molar-refractivity contribution in [1.29, 1.82) is 0 Å². The minimum absolute atomic E-state index is 0. The molecular weight excluding hydrogens is 436 g/mol. The fourth-order valence-corrected chi connectivity index (χ4v) is 4.06. The lowest BCUT2D eigenvalue weighted by Crippen LogP contribution is -2.14. The summed E-state index contributed by atoms with van der Waals surface area (Å²) < 4.78 is 10.5. The molecule has 0 amide bonds. The summed E-state index contributed by atoms with van der Waals surface area (Å²) in [5.41, 5.74) is 3.37. The fourth-order valence-electron chi connectivity index (χ4n) is 2.84. The number of aromatic nitrogens is 1. The third-order valence-electron chi connectivity index (χ3n) is 4.27. The number of benzene rings is 2. The molecule has 0 fully saturated rings. The maximum absolute atomic E-state index is 5.26. The van der Waals surface area contributed by atoms with Crippen LogP contribution in [0, 0.1) is 0 Å². The highest BCUT2D eigenvalue weighted by molar-refractivity contribution is 8.93. The topological polar surface area (TPSA) is 43.4 Å². The van der Waals surface area contributed by atoms with E-state index >= 15 is 0 Å². The smallest absolute Gasteiger partial charge is 0.187 e. The van der Waals surface area contributed by atoms with Gasteiger partial charge in [0.2, 0.25) is 0 Å². The van der Waals surface area contributed by atoms with Gasteiger partial charge in [-0.15, -0.1) is 28.3 Å². The van der Waals surface area contributed by atoms with Gasteiger partial charge in [0, 0.05) is 22.4 Å². The molecular formula is C22H27BrN2O2S. The van der Waals surface area contributed by atoms with E-state index in [0.29, 0.717) is 0 Å². The van der Waals surface area contributed by atoms with Crippen molar-refractivity contribution in [3.05, 3.63) is 64.7 Å². The van der Waals surface area contributed by atoms with Gasteiger partial charge in [0.25, 0.3) is 0 Å². The fraction of sp³-hybridized carbons (Fsp3) is 0.318. The Bertz CT molecular complexity index is 884. The van der Waals surface area contributed by atoms with Crippen molar-refractivity contribution in [3.8, 4) is 11.5 Å². The zero-order valence-electron chi connectivity index (χ0n) is 16.9. The van der Waals surface area contributed by atoms with Gasteiger partial charge < -0.3 is 14.8 Å². The zero-order chi connectivity index (χ0) is 19.4. The normalized spacial score (nSPS) is 10.9. The first-order valence-corrected chi connectivity index (χ1v) is 9.75. The Balaban J connectivity index is 0.00000280. The van der Waals surface area contributed by atoms with E-state index in [1.165, 1.54) is 10.4 Å². The number of nitrogens with zero attached hydrogens (tertiary/aromatic N) is 1. The average molecular weight is 463 g/mol. The van der Waals surface area contributed by atoms with Gasteiger partial charge in [0.1, 0.15) is 11.5 Å². The van der Waals surface area contributed by atoms with Crippen LogP contribution in [-0.4, -0.2) is 19.2 Å². The van der Waals surface area contributed by atoms with E-state index < -0.39 is 0 Å². The molecule has 1 aromatic heterocycles. The van der Waals surface area contributed by atoms with Gasteiger partial charge in [-0.05, 0) is 42.0 Å². The summed E-state index contributed by atoms with van der Waals surface area (Å²) in [6.45, 7) is 6.62. The van der Waals surface area contributed by atoms with Crippen LogP contribution in [0.5, 0.6) is 11.5 Å². The first-order chi connectivity index (χ1) is 12.9. The molecule has 0 aliphatic carbocycles. The van der Waals surface area contributed by atoms with E-state index in [1.54, 1.807) is 25.6 Å². The van der Waals surface area contributed by atoms with E-state index in [0.717, 1.165) is 34.4 Å². The maximum atomic E-state index is 5.26. The Hall–Kier alpha value is -2.05. The van der Waals surface area contributed by atoms with Crippen LogP contribution in [0.25, 0.3) is 0 Å². The molecule has 0 saturated heterocycles. The highest BCUT2D eigenvalue weighted by atomic mass is 79.9. The molecule has 1 heterocycles. The third kappa shape index (κ3) is 5.49. The number of methoxy groups -OCH3 is 2. The Kier molecular flexibility index (Phi) is 7.49. The minimum Gasteiger partial charge on any atom is -0.497 e. The molecule has 2 aromatic carbocycles. The lowest BCUT2D eigenvalue weighted by atomic mass is 9.90. The van der Waals surface area contributed by atoms with Crippen molar-refractivity contribution in [2.75, 3.05) is 19.5 Å². The summed E-state index contributed by atoms with van der Waals surface area (Å²) in [5, 5.41) is 4.33. The van der Waals surface area contributed by atoms with Gasteiger partial charge in [-0.2, -0.15) is 0 Å². The van der Waals surface area contributed by atoms with Gasteiger partial charge in [-0.3, -0.25) is 0 Å². The standard InChI is InChI=1S/C22H26N2O2S.BrH/c1-22(2,3)20-19(14-15-6-10-17(25-4)11-7-15)27-21(24-20)23-16-8-12-18(26-5)13-9-16;/h6-13H,14H2,1-5H3,(H,23,24);1H. The van der Waals surface area contributed by atoms with Gasteiger partial charge in [-0.1, -0.05) is 32.9 Å². The lowest BCUT2D eigenvalue weighted by molar-refractivity contribution is 0.414. The highest BCUT2D eigenvalue weighted by Crippen LogP contribution is 2.35. The molecule has 0 atom stereocenters. The molecule has 0 spiro atoms.